The second-order valence-electron chi connectivity index (χ2n) is 3.06. The molecule has 7 nitrogen and oxygen atoms in total. The highest BCUT2D eigenvalue weighted by molar-refractivity contribution is 7.87. The van der Waals surface area contributed by atoms with Crippen LogP contribution in [0, 0.1) is 0 Å². The highest BCUT2D eigenvalue weighted by Crippen LogP contribution is 2.17. The van der Waals surface area contributed by atoms with E-state index in [-0.39, 0.29) is 17.5 Å². The minimum Gasteiger partial charge on any atom is -0.449 e. The number of nitrogens with one attached hydrogen (secondary N) is 1. The summed E-state index contributed by atoms with van der Waals surface area (Å²) in [6.45, 7) is -1.33. The largest absolute Gasteiger partial charge is 0.449 e. The molecule has 0 bridgehead atoms. The quantitative estimate of drug-likeness (QED) is 0.706. The topological polar surface area (TPSA) is 102 Å². The summed E-state index contributed by atoms with van der Waals surface area (Å²) in [5.41, 5.74) is 5.02. The molecule has 0 fully saturated rings. The summed E-state index contributed by atoms with van der Waals surface area (Å²) in [4.78, 5) is 10.9. The van der Waals surface area contributed by atoms with Gasteiger partial charge in [-0.25, -0.2) is 9.52 Å². The molecule has 0 aromatic carbocycles. The van der Waals surface area contributed by atoms with Gasteiger partial charge in [-0.3, -0.25) is 0 Å². The molecule has 0 atom stereocenters. The van der Waals surface area contributed by atoms with Crippen molar-refractivity contribution in [1.29, 1.82) is 0 Å². The predicted octanol–water partition coefficient (Wildman–Crippen LogP) is -0.200. The Morgan fingerprint density at radius 3 is 2.39 bits per heavy atom. The van der Waals surface area contributed by atoms with E-state index in [1.165, 1.54) is 11.6 Å². The average Bonchev–Trinajstić information content (AvgIpc) is 2.14. The number of carbonyl (C=O) groups excluding carboxylic acids is 1. The van der Waals surface area contributed by atoms with Crippen LogP contribution in [0.3, 0.4) is 0 Å². The number of alkyl halides is 3. The first-order chi connectivity index (χ1) is 8.12. The van der Waals surface area contributed by atoms with E-state index in [9.17, 15) is 26.4 Å². The molecule has 11 heteroatoms. The Hall–Kier alpha value is -1.07. The minimum absolute atomic E-state index is 0.0178. The van der Waals surface area contributed by atoms with Gasteiger partial charge in [0.25, 0.3) is 0 Å². The van der Waals surface area contributed by atoms with Crippen molar-refractivity contribution in [2.24, 2.45) is 5.73 Å². The van der Waals surface area contributed by atoms with Crippen molar-refractivity contribution in [3.05, 3.63) is 0 Å². The van der Waals surface area contributed by atoms with Crippen LogP contribution in [0.25, 0.3) is 0 Å². The van der Waals surface area contributed by atoms with Crippen LogP contribution >= 0.6 is 0 Å². The molecule has 0 aromatic heterocycles. The summed E-state index contributed by atoms with van der Waals surface area (Å²) in [7, 11) is -4.63. The Kier molecular flexibility index (Phi) is 6.35. The third-order valence-electron chi connectivity index (χ3n) is 1.56. The summed E-state index contributed by atoms with van der Waals surface area (Å²) in [6, 6.07) is 0. The monoisotopic (exact) mass is 293 g/mol. The van der Waals surface area contributed by atoms with Gasteiger partial charge in [-0.2, -0.15) is 25.9 Å². The van der Waals surface area contributed by atoms with Crippen LogP contribution in [-0.2, 0) is 14.9 Å². The van der Waals surface area contributed by atoms with Crippen molar-refractivity contribution in [2.45, 2.75) is 13.1 Å². The fourth-order valence-corrected chi connectivity index (χ4v) is 2.02. The maximum absolute atomic E-state index is 12.2. The predicted molar refractivity (Wildman–Crippen MR) is 55.8 cm³/mol. The fourth-order valence-electron chi connectivity index (χ4n) is 0.959. The van der Waals surface area contributed by atoms with E-state index in [0.29, 0.717) is 0 Å². The van der Waals surface area contributed by atoms with Crippen LogP contribution in [0.4, 0.5) is 18.0 Å². The van der Waals surface area contributed by atoms with E-state index in [4.69, 9.17) is 5.73 Å². The standard InChI is InChI=1S/C7H14F3N3O4S/c1-2-17-6(14)12-18(15,16)13(4-3-11)5-7(8,9)10/h2-5,11H2,1H3,(H,12,14). The number of hydrogen-bond donors (Lipinski definition) is 2. The maximum Gasteiger partial charge on any atom is 0.421 e. The second-order valence-corrected chi connectivity index (χ2v) is 4.74. The van der Waals surface area contributed by atoms with Crippen LogP contribution in [0.15, 0.2) is 0 Å². The number of ether oxygens (including phenoxy) is 1. The molecular formula is C7H14F3N3O4S. The average molecular weight is 293 g/mol. The lowest BCUT2D eigenvalue weighted by molar-refractivity contribution is -0.136. The Morgan fingerprint density at radius 1 is 1.44 bits per heavy atom. The lowest BCUT2D eigenvalue weighted by Gasteiger charge is -2.22. The number of nitrogens with two attached hydrogens (primary N) is 1. The van der Waals surface area contributed by atoms with E-state index in [2.05, 4.69) is 4.74 Å². The van der Waals surface area contributed by atoms with Gasteiger partial charge in [0, 0.05) is 13.1 Å². The van der Waals surface area contributed by atoms with Crippen molar-refractivity contribution in [3.8, 4) is 0 Å². The zero-order valence-electron chi connectivity index (χ0n) is 9.53. The summed E-state index contributed by atoms with van der Waals surface area (Å²) < 4.78 is 65.0. The van der Waals surface area contributed by atoms with Crippen LogP contribution in [0.2, 0.25) is 0 Å². The van der Waals surface area contributed by atoms with Gasteiger partial charge in [0.05, 0.1) is 6.61 Å². The van der Waals surface area contributed by atoms with Gasteiger partial charge in [0.15, 0.2) is 0 Å². The van der Waals surface area contributed by atoms with Gasteiger partial charge in [-0.05, 0) is 6.92 Å². The normalized spacial score (nSPS) is 12.6. The van der Waals surface area contributed by atoms with Crippen LogP contribution in [0.5, 0.6) is 0 Å². The van der Waals surface area contributed by atoms with Crippen molar-refractivity contribution in [1.82, 2.24) is 9.03 Å². The van der Waals surface area contributed by atoms with E-state index >= 15 is 0 Å². The van der Waals surface area contributed by atoms with Gasteiger partial charge in [0.2, 0.25) is 0 Å². The number of halogens is 3. The van der Waals surface area contributed by atoms with Crippen LogP contribution < -0.4 is 10.5 Å². The summed E-state index contributed by atoms with van der Waals surface area (Å²) in [6.07, 6.45) is -6.08. The number of amides is 1. The Bertz CT molecular complexity index is 371. The molecule has 0 aromatic rings. The van der Waals surface area contributed by atoms with E-state index in [0.717, 1.165) is 0 Å². The Balaban J connectivity index is 4.82. The van der Waals surface area contributed by atoms with Crippen molar-refractivity contribution in [2.75, 3.05) is 26.2 Å². The van der Waals surface area contributed by atoms with Crippen molar-refractivity contribution < 1.29 is 31.1 Å². The molecule has 0 rings (SSSR count). The molecule has 0 aliphatic heterocycles. The first-order valence-electron chi connectivity index (χ1n) is 4.84. The summed E-state index contributed by atoms with van der Waals surface area (Å²) in [5, 5.41) is 0. The van der Waals surface area contributed by atoms with Crippen LogP contribution in [-0.4, -0.2) is 51.2 Å². The lowest BCUT2D eigenvalue weighted by Crippen LogP contribution is -2.49. The summed E-state index contributed by atoms with van der Waals surface area (Å²) in [5.74, 6) is 0. The molecule has 0 saturated heterocycles. The SMILES string of the molecule is CCOC(=O)NS(=O)(=O)N(CCN)CC(F)(F)F. The number of carbonyl (C=O) groups is 1. The van der Waals surface area contributed by atoms with Gasteiger partial charge in [-0.1, -0.05) is 0 Å². The Labute approximate surface area is 102 Å². The molecule has 1 amide bonds. The lowest BCUT2D eigenvalue weighted by atomic mass is 10.5. The van der Waals surface area contributed by atoms with Gasteiger partial charge < -0.3 is 10.5 Å². The molecule has 0 aliphatic rings. The van der Waals surface area contributed by atoms with E-state index in [1.807, 2.05) is 0 Å². The van der Waals surface area contributed by atoms with Gasteiger partial charge >= 0.3 is 22.5 Å². The van der Waals surface area contributed by atoms with E-state index < -0.39 is 35.6 Å². The molecule has 0 heterocycles. The fraction of sp³-hybridized carbons (Fsp3) is 0.857. The molecule has 0 unspecified atom stereocenters. The molecule has 18 heavy (non-hydrogen) atoms. The molecule has 0 radical (unpaired) electrons. The minimum atomic E-state index is -4.74. The third kappa shape index (κ3) is 6.61. The molecular weight excluding hydrogens is 279 g/mol. The maximum atomic E-state index is 12.2. The van der Waals surface area contributed by atoms with Gasteiger partial charge in [0.1, 0.15) is 6.54 Å². The van der Waals surface area contributed by atoms with E-state index in [1.54, 1.807) is 0 Å². The Morgan fingerprint density at radius 2 is 2.00 bits per heavy atom. The van der Waals surface area contributed by atoms with Crippen molar-refractivity contribution >= 4 is 16.3 Å². The number of nitrogens with zero attached hydrogens (tertiary/aromatic N) is 1. The molecule has 108 valence electrons. The highest BCUT2D eigenvalue weighted by atomic mass is 32.2. The molecule has 0 aliphatic carbocycles. The smallest absolute Gasteiger partial charge is 0.421 e. The second kappa shape index (κ2) is 6.75. The zero-order chi connectivity index (χ0) is 14.4. The van der Waals surface area contributed by atoms with Crippen LogP contribution in [0.1, 0.15) is 6.92 Å². The molecule has 0 spiro atoms. The number of hydrogen-bond acceptors (Lipinski definition) is 5. The first-order valence-corrected chi connectivity index (χ1v) is 6.28. The number of rotatable bonds is 6. The van der Waals surface area contributed by atoms with Gasteiger partial charge in [-0.15, -0.1) is 0 Å². The highest BCUT2D eigenvalue weighted by Gasteiger charge is 2.36. The van der Waals surface area contributed by atoms with Crippen molar-refractivity contribution in [3.63, 3.8) is 0 Å². The third-order valence-corrected chi connectivity index (χ3v) is 2.98. The molecule has 0 saturated carbocycles. The zero-order valence-corrected chi connectivity index (χ0v) is 10.3. The molecule has 3 N–H and O–H groups in total. The summed E-state index contributed by atoms with van der Waals surface area (Å²) >= 11 is 0. The first kappa shape index (κ1) is 16.9.